The lowest BCUT2D eigenvalue weighted by molar-refractivity contribution is -0.698. The van der Waals surface area contributed by atoms with E-state index in [1.807, 2.05) is 12.1 Å². The van der Waals surface area contributed by atoms with Crippen molar-refractivity contribution in [2.75, 3.05) is 0 Å². The summed E-state index contributed by atoms with van der Waals surface area (Å²) in [5, 5.41) is 0. The van der Waals surface area contributed by atoms with Crippen molar-refractivity contribution in [2.24, 2.45) is 0 Å². The average molecular weight is 1760 g/mol. The lowest BCUT2D eigenvalue weighted by Gasteiger charge is -2.09. The van der Waals surface area contributed by atoms with Crippen LogP contribution in [0.3, 0.4) is 0 Å². The topological polar surface area (TPSA) is 23.3 Å². The van der Waals surface area contributed by atoms with Gasteiger partial charge >= 0.3 is 0 Å². The number of unbranched alkanes of at least 4 members (excludes halogenated alkanes) is 10. The Labute approximate surface area is 681 Å². The molecule has 6 aromatic heterocycles. The molecule has 0 atom stereocenters. The number of aromatic nitrogens is 6. The molecule has 9 rings (SSSR count). The van der Waals surface area contributed by atoms with E-state index in [2.05, 4.69) is 306 Å². The van der Waals surface area contributed by atoms with Gasteiger partial charge in [-0.25, -0.2) is 27.4 Å². The number of pyridine rings is 6. The highest BCUT2D eigenvalue weighted by Crippen LogP contribution is 2.19. The van der Waals surface area contributed by atoms with E-state index in [0.29, 0.717) is 0 Å². The molecule has 6 heterocycles. The Balaban J connectivity index is 0.000000743. The molecule has 0 spiro atoms. The summed E-state index contributed by atoms with van der Waals surface area (Å²) in [6.45, 7) is 32.6. The van der Waals surface area contributed by atoms with Crippen LogP contribution in [-0.2, 0) is 65.0 Å². The average Bonchev–Trinajstić information content (AvgIpc) is 0.944. The predicted octanol–water partition coefficient (Wildman–Crippen LogP) is -0.174. The zero-order valence-electron chi connectivity index (χ0n) is 63.7. The standard InChI is InChI=1S/2C30H42N2.C30H34N2.6BrH/c1-25-17-21-31(23-27(25)3)19-11-5-7-13-29-15-9-10-16-30(29)14-8-6-12-20-32-22-18-26(2)28(4)24-32;2*1-25-19-26(2)22-31(21-25)17-11-5-7-13-29-15-9-10-16-30(29)14-8-6-12-18-32-23-27(3)20-28(4)24-32;;;;;;/h9-10,15-18,21-24H,5-8,11-14,19-20H2,1-4H3;9-10,15-16,19-24H,5-8,11-14,17-18H2,1-4H3;9-10,15-16,19-24H,5-6,11-12,17-18H2,1-4H3;6*1H/q3*+2;;;;;;/p-6. The van der Waals surface area contributed by atoms with Gasteiger partial charge in [0.2, 0.25) is 0 Å². The first-order valence-corrected chi connectivity index (χ1v) is 36.5. The van der Waals surface area contributed by atoms with Gasteiger partial charge in [0.15, 0.2) is 74.4 Å². The molecule has 0 aliphatic rings. The Morgan fingerprint density at radius 2 is 0.471 bits per heavy atom. The van der Waals surface area contributed by atoms with Gasteiger partial charge in [0.25, 0.3) is 0 Å². The molecule has 0 N–H and O–H groups in total. The first-order valence-electron chi connectivity index (χ1n) is 36.5. The third-order valence-corrected chi connectivity index (χ3v) is 18.3. The van der Waals surface area contributed by atoms with E-state index in [9.17, 15) is 0 Å². The highest BCUT2D eigenvalue weighted by atomic mass is 79.9. The van der Waals surface area contributed by atoms with E-state index < -0.39 is 0 Å². The van der Waals surface area contributed by atoms with Crippen LogP contribution in [0.25, 0.3) is 0 Å². The maximum Gasteiger partial charge on any atom is 0.171 e. The first kappa shape index (κ1) is 94.6. The van der Waals surface area contributed by atoms with Gasteiger partial charge in [-0.1, -0.05) is 84.3 Å². The van der Waals surface area contributed by atoms with E-state index in [-0.39, 0.29) is 102 Å². The van der Waals surface area contributed by atoms with Gasteiger partial charge < -0.3 is 102 Å². The zero-order valence-corrected chi connectivity index (χ0v) is 73.2. The number of aryl methyl sites for hydroxylation is 22. The molecular weight excluding hydrogens is 1640 g/mol. The normalized spacial score (nSPS) is 10.2. The third kappa shape index (κ3) is 37.0. The predicted molar refractivity (Wildman–Crippen MR) is 398 cm³/mol. The fourth-order valence-electron chi connectivity index (χ4n) is 13.2. The zero-order chi connectivity index (χ0) is 68.3. The summed E-state index contributed by atoms with van der Waals surface area (Å²) in [5.74, 6) is 13.4. The van der Waals surface area contributed by atoms with E-state index in [0.717, 1.165) is 76.1 Å². The molecule has 102 heavy (non-hydrogen) atoms. The second kappa shape index (κ2) is 53.3. The van der Waals surface area contributed by atoms with Gasteiger partial charge in [-0.15, -0.1) is 0 Å². The van der Waals surface area contributed by atoms with Gasteiger partial charge in [0.05, 0.1) is 0 Å². The summed E-state index contributed by atoms with van der Waals surface area (Å²) in [4.78, 5) is 0. The Hall–Kier alpha value is -5.44. The van der Waals surface area contributed by atoms with E-state index in [4.69, 9.17) is 0 Å². The highest BCUT2D eigenvalue weighted by molar-refractivity contribution is 5.50. The van der Waals surface area contributed by atoms with Crippen LogP contribution in [0.4, 0.5) is 0 Å². The van der Waals surface area contributed by atoms with Crippen molar-refractivity contribution >= 4 is 0 Å². The van der Waals surface area contributed by atoms with Gasteiger partial charge in [-0.05, 0) is 230 Å². The number of benzene rings is 3. The van der Waals surface area contributed by atoms with Crippen molar-refractivity contribution in [1.82, 2.24) is 0 Å². The molecule has 0 saturated heterocycles. The molecule has 9 aromatic rings. The molecule has 0 bridgehead atoms. The second-order valence-electron chi connectivity index (χ2n) is 27.7. The fourth-order valence-corrected chi connectivity index (χ4v) is 13.2. The molecule has 0 aliphatic heterocycles. The SMILES string of the molecule is Cc1cc(C)c[n+](CCCC#Cc2ccccc2C#CCCC[n+]2cc(C)cc(C)c2)c1.Cc1cc(C)c[n+](CCCCCc2ccccc2CCCCC[n+]2cc(C)cc(C)c2)c1.Cc1cc[n+](CCCCCc2ccccc2CCCCC[n+]2ccc(C)c(C)c2)cc1C.[Br-].[Br-].[Br-].[Br-].[Br-].[Br-]. The number of nitrogens with zero attached hydrogens (tertiary/aromatic N) is 6. The lowest BCUT2D eigenvalue weighted by Crippen LogP contribution is -3.00. The van der Waals surface area contributed by atoms with Crippen molar-refractivity contribution < 1.29 is 129 Å². The summed E-state index contributed by atoms with van der Waals surface area (Å²) in [6, 6.07) is 39.8. The number of hydrogen-bond acceptors (Lipinski definition) is 0. The number of rotatable bonds is 30. The quantitative estimate of drug-likeness (QED) is 0.0340. The number of halogens is 6. The van der Waals surface area contributed by atoms with Gasteiger partial charge in [-0.3, -0.25) is 0 Å². The highest BCUT2D eigenvalue weighted by Gasteiger charge is 2.11. The van der Waals surface area contributed by atoms with E-state index >= 15 is 0 Å². The van der Waals surface area contributed by atoms with Crippen LogP contribution in [0.15, 0.2) is 184 Å². The summed E-state index contributed by atoms with van der Waals surface area (Å²) >= 11 is 0. The third-order valence-electron chi connectivity index (χ3n) is 18.3. The van der Waals surface area contributed by atoms with Crippen molar-refractivity contribution in [3.8, 4) is 23.7 Å². The van der Waals surface area contributed by atoms with Crippen LogP contribution in [0.2, 0.25) is 0 Å². The van der Waals surface area contributed by atoms with Gasteiger partial charge in [0.1, 0.15) is 39.3 Å². The van der Waals surface area contributed by atoms with Crippen LogP contribution in [0.5, 0.6) is 0 Å². The Morgan fingerprint density at radius 3 is 0.725 bits per heavy atom. The van der Waals surface area contributed by atoms with E-state index in [1.165, 1.54) is 169 Å². The summed E-state index contributed by atoms with van der Waals surface area (Å²) in [6.07, 6.45) is 50.9. The maximum absolute atomic E-state index is 3.34. The van der Waals surface area contributed by atoms with Gasteiger partial charge in [0, 0.05) is 130 Å². The monoisotopic (exact) mass is 1760 g/mol. The minimum atomic E-state index is 0. The Kier molecular flexibility index (Phi) is 49.5. The number of hydrogen-bond donors (Lipinski definition) is 0. The molecule has 0 fully saturated rings. The maximum atomic E-state index is 3.34. The molecule has 3 aromatic carbocycles. The van der Waals surface area contributed by atoms with Crippen molar-refractivity contribution in [2.45, 2.75) is 251 Å². The molecule has 12 heteroatoms. The van der Waals surface area contributed by atoms with Crippen LogP contribution in [-0.4, -0.2) is 0 Å². The fraction of sp³-hybridized carbons (Fsp3) is 0.422. The van der Waals surface area contributed by atoms with Crippen LogP contribution in [0.1, 0.15) is 203 Å². The van der Waals surface area contributed by atoms with Crippen LogP contribution < -0.4 is 129 Å². The van der Waals surface area contributed by atoms with Crippen LogP contribution >= 0.6 is 0 Å². The molecule has 550 valence electrons. The molecule has 6 nitrogen and oxygen atoms in total. The van der Waals surface area contributed by atoms with Crippen LogP contribution in [0, 0.1) is 107 Å². The molecule has 0 amide bonds. The summed E-state index contributed by atoms with van der Waals surface area (Å²) in [7, 11) is 0. The van der Waals surface area contributed by atoms with E-state index in [1.54, 1.807) is 22.3 Å². The smallest absolute Gasteiger partial charge is 0.171 e. The molecule has 0 radical (unpaired) electrons. The van der Waals surface area contributed by atoms with Crippen molar-refractivity contribution in [1.29, 1.82) is 0 Å². The summed E-state index contributed by atoms with van der Waals surface area (Å²) < 4.78 is 13.9. The minimum absolute atomic E-state index is 0. The molecule has 0 aliphatic carbocycles. The van der Waals surface area contributed by atoms with Gasteiger partial charge in [-0.2, -0.15) is 0 Å². The minimum Gasteiger partial charge on any atom is -1.00 e. The van der Waals surface area contributed by atoms with Crippen molar-refractivity contribution in [3.63, 3.8) is 0 Å². The Morgan fingerprint density at radius 1 is 0.235 bits per heavy atom. The Bertz CT molecular complexity index is 3670. The molecular formula is C90H118Br6N6. The second-order valence-corrected chi connectivity index (χ2v) is 27.7. The summed E-state index contributed by atoms with van der Waals surface area (Å²) in [5.41, 5.74) is 24.5. The largest absolute Gasteiger partial charge is 1.00 e. The first-order chi connectivity index (χ1) is 46.5. The lowest BCUT2D eigenvalue weighted by atomic mass is 9.97. The molecule has 0 saturated carbocycles. The van der Waals surface area contributed by atoms with Crippen molar-refractivity contribution in [3.05, 3.63) is 284 Å². The molecule has 0 unspecified atom stereocenters.